The molecule has 1 amide bonds. The highest BCUT2D eigenvalue weighted by atomic mass is 19.4. The molecule has 2 aromatic carbocycles. The third-order valence-electron chi connectivity index (χ3n) is 6.44. The molecule has 1 aromatic heterocycles. The summed E-state index contributed by atoms with van der Waals surface area (Å²) in [7, 11) is 0. The number of hydrogen-bond donors (Lipinski definition) is 1. The Kier molecular flexibility index (Phi) is 8.02. The van der Waals surface area contributed by atoms with E-state index >= 15 is 0 Å². The number of amides is 1. The summed E-state index contributed by atoms with van der Waals surface area (Å²) in [5.41, 5.74) is -0.421. The molecule has 40 heavy (non-hydrogen) atoms. The van der Waals surface area contributed by atoms with Crippen molar-refractivity contribution in [2.24, 2.45) is 5.92 Å². The number of aromatic nitrogens is 1. The molecule has 0 bridgehead atoms. The van der Waals surface area contributed by atoms with Crippen LogP contribution in [0.4, 0.5) is 23.4 Å². The van der Waals surface area contributed by atoms with Crippen LogP contribution in [0.2, 0.25) is 0 Å². The molecule has 1 saturated carbocycles. The molecule has 5 rings (SSSR count). The molecule has 210 valence electrons. The fourth-order valence-corrected chi connectivity index (χ4v) is 4.29. The maximum absolute atomic E-state index is 14.8. The summed E-state index contributed by atoms with van der Waals surface area (Å²) in [5.74, 6) is -0.777. The van der Waals surface area contributed by atoms with E-state index in [1.165, 1.54) is 36.5 Å². The summed E-state index contributed by atoms with van der Waals surface area (Å²) in [4.78, 5) is 28.7. The quantitative estimate of drug-likeness (QED) is 0.312. The number of benzene rings is 2. The van der Waals surface area contributed by atoms with E-state index in [9.17, 15) is 27.2 Å². The summed E-state index contributed by atoms with van der Waals surface area (Å²) in [6.45, 7) is 0.757. The molecule has 2 aliphatic rings. The van der Waals surface area contributed by atoms with Crippen LogP contribution in [-0.2, 0) is 33.3 Å². The number of carbonyl (C=O) groups is 2. The first-order chi connectivity index (χ1) is 19.1. The van der Waals surface area contributed by atoms with Crippen molar-refractivity contribution in [3.63, 3.8) is 0 Å². The highest BCUT2D eigenvalue weighted by molar-refractivity contribution is 5.93. The molecule has 1 N–H and O–H groups in total. The van der Waals surface area contributed by atoms with Gasteiger partial charge in [-0.3, -0.25) is 9.59 Å². The van der Waals surface area contributed by atoms with Crippen LogP contribution in [0.15, 0.2) is 54.7 Å². The average Bonchev–Trinajstić information content (AvgIpc) is 3.62. The topological polar surface area (TPSA) is 86.8 Å². The molecule has 2 fully saturated rings. The number of anilines is 1. The number of carbonyl (C=O) groups excluding carboxylic acids is 2. The normalized spacial score (nSPS) is 16.9. The zero-order valence-electron chi connectivity index (χ0n) is 21.3. The van der Waals surface area contributed by atoms with Crippen LogP contribution in [0.3, 0.4) is 0 Å². The highest BCUT2D eigenvalue weighted by Gasteiger charge is 2.32. The lowest BCUT2D eigenvalue weighted by molar-refractivity contribution is -0.137. The van der Waals surface area contributed by atoms with Crippen LogP contribution >= 0.6 is 0 Å². The minimum absolute atomic E-state index is 0.00457. The zero-order chi connectivity index (χ0) is 28.3. The highest BCUT2D eigenvalue weighted by Crippen LogP contribution is 2.34. The van der Waals surface area contributed by atoms with Gasteiger partial charge >= 0.3 is 6.18 Å². The molecule has 1 unspecified atom stereocenters. The maximum atomic E-state index is 14.8. The standard InChI is InChI=1S/C29H26F4N2O5/c30-25-13-17(1-4-26(25)40-22-5-7-34-27(15-22)35-28(37)19-2-3-19)10-21(36)11-18-9-20(29(31,32)33)14-24(12-18)39-23-6-8-38-16-23/h1,4-5,7,9,12-15,19,23H,2-3,6,8,10-11,16H2,(H,34,35,37). The summed E-state index contributed by atoms with van der Waals surface area (Å²) in [6, 6.07) is 10.2. The smallest absolute Gasteiger partial charge is 0.416 e. The first-order valence-electron chi connectivity index (χ1n) is 12.8. The molecular weight excluding hydrogens is 532 g/mol. The van der Waals surface area contributed by atoms with Crippen molar-refractivity contribution in [1.29, 1.82) is 0 Å². The Balaban J connectivity index is 1.23. The molecule has 11 heteroatoms. The molecular formula is C29H26F4N2O5. The number of ether oxygens (including phenoxy) is 3. The predicted octanol–water partition coefficient (Wildman–Crippen LogP) is 5.90. The number of alkyl halides is 3. The van der Waals surface area contributed by atoms with E-state index in [0.717, 1.165) is 31.0 Å². The van der Waals surface area contributed by atoms with E-state index in [-0.39, 0.29) is 66.0 Å². The van der Waals surface area contributed by atoms with Crippen molar-refractivity contribution in [3.8, 4) is 17.2 Å². The minimum atomic E-state index is -4.61. The van der Waals surface area contributed by atoms with Gasteiger partial charge in [0, 0.05) is 37.4 Å². The lowest BCUT2D eigenvalue weighted by atomic mass is 10.0. The van der Waals surface area contributed by atoms with Gasteiger partial charge in [0.2, 0.25) is 5.91 Å². The van der Waals surface area contributed by atoms with E-state index in [1.807, 2.05) is 0 Å². The third-order valence-corrected chi connectivity index (χ3v) is 6.44. The summed E-state index contributed by atoms with van der Waals surface area (Å²) in [5, 5.41) is 2.69. The monoisotopic (exact) mass is 558 g/mol. The van der Waals surface area contributed by atoms with E-state index in [1.54, 1.807) is 0 Å². The van der Waals surface area contributed by atoms with Crippen LogP contribution in [0.5, 0.6) is 17.2 Å². The molecule has 0 radical (unpaired) electrons. The van der Waals surface area contributed by atoms with Gasteiger partial charge in [0.25, 0.3) is 0 Å². The second-order valence-corrected chi connectivity index (χ2v) is 9.87. The van der Waals surface area contributed by atoms with Gasteiger partial charge in [0.15, 0.2) is 11.6 Å². The van der Waals surface area contributed by atoms with Gasteiger partial charge in [-0.25, -0.2) is 9.37 Å². The van der Waals surface area contributed by atoms with Crippen molar-refractivity contribution in [3.05, 3.63) is 77.2 Å². The van der Waals surface area contributed by atoms with Crippen molar-refractivity contribution in [1.82, 2.24) is 4.98 Å². The average molecular weight is 559 g/mol. The first kappa shape index (κ1) is 27.6. The second kappa shape index (κ2) is 11.6. The van der Waals surface area contributed by atoms with E-state index in [4.69, 9.17) is 14.2 Å². The maximum Gasteiger partial charge on any atom is 0.416 e. The summed E-state index contributed by atoms with van der Waals surface area (Å²) < 4.78 is 71.6. The molecule has 1 saturated heterocycles. The minimum Gasteiger partial charge on any atom is -0.488 e. The van der Waals surface area contributed by atoms with E-state index < -0.39 is 23.3 Å². The number of hydrogen-bond acceptors (Lipinski definition) is 6. The fourth-order valence-electron chi connectivity index (χ4n) is 4.29. The SMILES string of the molecule is O=C(Cc1cc(OC2CCOC2)cc(C(F)(F)F)c1)Cc1ccc(Oc2ccnc(NC(=O)C3CC3)c2)c(F)c1. The summed E-state index contributed by atoms with van der Waals surface area (Å²) in [6.07, 6.45) is -1.76. The largest absolute Gasteiger partial charge is 0.488 e. The molecule has 2 heterocycles. The third kappa shape index (κ3) is 7.35. The summed E-state index contributed by atoms with van der Waals surface area (Å²) >= 11 is 0. The van der Waals surface area contributed by atoms with Gasteiger partial charge in [0.05, 0.1) is 18.8 Å². The number of rotatable bonds is 10. The van der Waals surface area contributed by atoms with Gasteiger partial charge in [-0.1, -0.05) is 6.07 Å². The number of nitrogens with one attached hydrogen (secondary N) is 1. The van der Waals surface area contributed by atoms with E-state index in [0.29, 0.717) is 18.6 Å². The lowest BCUT2D eigenvalue weighted by Crippen LogP contribution is -2.17. The Hall–Kier alpha value is -3.99. The molecule has 1 aliphatic carbocycles. The Morgan fingerprint density at radius 2 is 1.77 bits per heavy atom. The van der Waals surface area contributed by atoms with Gasteiger partial charge in [0.1, 0.15) is 29.2 Å². The second-order valence-electron chi connectivity index (χ2n) is 9.87. The van der Waals surface area contributed by atoms with Gasteiger partial charge in [-0.05, 0) is 60.4 Å². The van der Waals surface area contributed by atoms with Gasteiger partial charge in [-0.2, -0.15) is 13.2 Å². The number of ketones is 1. The van der Waals surface area contributed by atoms with Gasteiger partial charge < -0.3 is 19.5 Å². The fraction of sp³-hybridized carbons (Fsp3) is 0.345. The molecule has 7 nitrogen and oxygen atoms in total. The molecule has 1 atom stereocenters. The predicted molar refractivity (Wildman–Crippen MR) is 136 cm³/mol. The zero-order valence-corrected chi connectivity index (χ0v) is 21.3. The Morgan fingerprint density at radius 1 is 0.975 bits per heavy atom. The van der Waals surface area contributed by atoms with Crippen molar-refractivity contribution in [2.75, 3.05) is 18.5 Å². The van der Waals surface area contributed by atoms with Crippen LogP contribution in [0.25, 0.3) is 0 Å². The van der Waals surface area contributed by atoms with Crippen LogP contribution in [-0.4, -0.2) is 36.0 Å². The van der Waals surface area contributed by atoms with Crippen LogP contribution < -0.4 is 14.8 Å². The first-order valence-corrected chi connectivity index (χ1v) is 12.8. The Bertz CT molecular complexity index is 1400. The Labute approximate surface area is 227 Å². The van der Waals surface area contributed by atoms with E-state index in [2.05, 4.69) is 10.3 Å². The van der Waals surface area contributed by atoms with Crippen molar-refractivity contribution >= 4 is 17.5 Å². The van der Waals surface area contributed by atoms with Crippen molar-refractivity contribution < 1.29 is 41.4 Å². The number of Topliss-reactive ketones (excluding diaryl/α,β-unsaturated/α-hetero) is 1. The molecule has 1 aliphatic heterocycles. The van der Waals surface area contributed by atoms with Crippen LogP contribution in [0, 0.1) is 11.7 Å². The lowest BCUT2D eigenvalue weighted by Gasteiger charge is -2.16. The Morgan fingerprint density at radius 3 is 2.48 bits per heavy atom. The number of pyridine rings is 1. The number of nitrogens with zero attached hydrogens (tertiary/aromatic N) is 1. The molecule has 0 spiro atoms. The number of halogens is 4. The van der Waals surface area contributed by atoms with Crippen LogP contribution in [0.1, 0.15) is 36.0 Å². The van der Waals surface area contributed by atoms with Crippen molar-refractivity contribution in [2.45, 2.75) is 44.4 Å². The van der Waals surface area contributed by atoms with Gasteiger partial charge in [-0.15, -0.1) is 0 Å². The molecule has 3 aromatic rings.